The average molecular weight is 700 g/mol. The molecule has 1 rings (SSSR count). The Morgan fingerprint density at radius 2 is 0.960 bits per heavy atom. The fraction of sp³-hybridized carbons (Fsp3) is 0.826. The zero-order valence-electron chi connectivity index (χ0n) is 34.0. The topological polar surface area (TPSA) is 30.9 Å². The molecule has 2 unspecified atom stereocenters. The fourth-order valence-electron chi connectivity index (χ4n) is 6.54. The van der Waals surface area contributed by atoms with Crippen molar-refractivity contribution in [1.29, 1.82) is 0 Å². The lowest BCUT2D eigenvalue weighted by Gasteiger charge is -2.28. The number of unbranched alkanes of at least 4 members (excludes halogenated alkanes) is 21. The maximum Gasteiger partial charge on any atom is 0.283 e. The molecule has 0 bridgehead atoms. The molecule has 50 heavy (non-hydrogen) atoms. The van der Waals surface area contributed by atoms with E-state index in [0.29, 0.717) is 6.61 Å². The third-order valence-electron chi connectivity index (χ3n) is 9.83. The van der Waals surface area contributed by atoms with Crippen LogP contribution in [-0.2, 0) is 14.2 Å². The Morgan fingerprint density at radius 3 is 1.42 bits per heavy atom. The fourth-order valence-corrected chi connectivity index (χ4v) is 6.54. The summed E-state index contributed by atoms with van der Waals surface area (Å²) < 4.78 is 19.2. The number of ether oxygens (including phenoxy) is 3. The minimum atomic E-state index is -0.812. The van der Waals surface area contributed by atoms with Gasteiger partial charge in [0.25, 0.3) is 5.97 Å². The minimum absolute atomic E-state index is 0.140. The van der Waals surface area contributed by atoms with Crippen molar-refractivity contribution in [1.82, 2.24) is 4.90 Å². The lowest BCUT2D eigenvalue weighted by Crippen LogP contribution is -2.35. The van der Waals surface area contributed by atoms with Gasteiger partial charge in [0.05, 0.1) is 19.3 Å². The number of nitrogens with zero attached hydrogens (tertiary/aromatic N) is 1. The van der Waals surface area contributed by atoms with E-state index in [-0.39, 0.29) is 6.10 Å². The predicted octanol–water partition coefficient (Wildman–Crippen LogP) is 14.2. The summed E-state index contributed by atoms with van der Waals surface area (Å²) in [5, 5.41) is 0. The SMILES string of the molecule is CCCCC/C=C\C/C=C\CCCCCCCCCCC1(OCCCCCCCCC/C=C\C/C=C\CCCCC)OCC(CCN(C)C)O1. The van der Waals surface area contributed by atoms with Gasteiger partial charge in [-0.05, 0) is 97.6 Å². The van der Waals surface area contributed by atoms with E-state index in [1.807, 2.05) is 0 Å². The molecule has 2 atom stereocenters. The number of hydrogen-bond donors (Lipinski definition) is 0. The molecule has 292 valence electrons. The number of allylic oxidation sites excluding steroid dienone is 8. The molecule has 0 amide bonds. The molecule has 4 heteroatoms. The highest BCUT2D eigenvalue weighted by molar-refractivity contribution is 4.93. The van der Waals surface area contributed by atoms with E-state index in [0.717, 1.165) is 51.7 Å². The standard InChI is InChI=1S/C46H85NO3/c1-5-7-9-11-13-15-17-19-21-23-24-26-28-30-32-34-36-38-41-46(49-44-45(50-46)40-42-47(3)4)48-43-39-37-35-33-31-29-27-25-22-20-18-16-14-12-10-8-6-2/h13-16,19-22,45H,5-12,17-18,23-44H2,1-4H3/b15-13-,16-14-,21-19-,22-20-. The van der Waals surface area contributed by atoms with Gasteiger partial charge in [-0.25, -0.2) is 0 Å². The van der Waals surface area contributed by atoms with Crippen LogP contribution in [0, 0.1) is 0 Å². The van der Waals surface area contributed by atoms with E-state index in [2.05, 4.69) is 81.5 Å². The molecule has 0 saturated carbocycles. The first-order chi connectivity index (χ1) is 24.6. The van der Waals surface area contributed by atoms with Crippen molar-refractivity contribution < 1.29 is 14.2 Å². The first-order valence-corrected chi connectivity index (χ1v) is 21.8. The van der Waals surface area contributed by atoms with Crippen LogP contribution in [0.15, 0.2) is 48.6 Å². The van der Waals surface area contributed by atoms with Crippen molar-refractivity contribution in [3.8, 4) is 0 Å². The monoisotopic (exact) mass is 700 g/mol. The maximum absolute atomic E-state index is 6.48. The number of rotatable bonds is 37. The van der Waals surface area contributed by atoms with Crippen LogP contribution in [0.25, 0.3) is 0 Å². The molecule has 0 N–H and O–H groups in total. The van der Waals surface area contributed by atoms with Crippen molar-refractivity contribution in [2.75, 3.05) is 33.9 Å². The summed E-state index contributed by atoms with van der Waals surface area (Å²) in [5.74, 6) is -0.812. The van der Waals surface area contributed by atoms with Crippen molar-refractivity contribution in [3.05, 3.63) is 48.6 Å². The highest BCUT2D eigenvalue weighted by Gasteiger charge is 2.42. The van der Waals surface area contributed by atoms with Crippen LogP contribution in [-0.4, -0.2) is 50.8 Å². The average Bonchev–Trinajstić information content (AvgIpc) is 3.52. The van der Waals surface area contributed by atoms with Crippen LogP contribution in [0.5, 0.6) is 0 Å². The van der Waals surface area contributed by atoms with Crippen LogP contribution in [0.4, 0.5) is 0 Å². The minimum Gasteiger partial charge on any atom is -0.327 e. The zero-order valence-corrected chi connectivity index (χ0v) is 34.0. The van der Waals surface area contributed by atoms with E-state index in [1.165, 1.54) is 148 Å². The second kappa shape index (κ2) is 36.2. The maximum atomic E-state index is 6.48. The van der Waals surface area contributed by atoms with Crippen LogP contribution >= 0.6 is 0 Å². The molecule has 0 aromatic carbocycles. The molecule has 1 fully saturated rings. The van der Waals surface area contributed by atoms with E-state index in [4.69, 9.17) is 14.2 Å². The Balaban J connectivity index is 2.11. The Morgan fingerprint density at radius 1 is 0.540 bits per heavy atom. The summed E-state index contributed by atoms with van der Waals surface area (Å²) in [6.45, 7) is 6.95. The Kier molecular flexibility index (Phi) is 33.9. The van der Waals surface area contributed by atoms with Crippen molar-refractivity contribution in [3.63, 3.8) is 0 Å². The lowest BCUT2D eigenvalue weighted by molar-refractivity contribution is -0.341. The first-order valence-electron chi connectivity index (χ1n) is 21.8. The molecule has 0 spiro atoms. The summed E-state index contributed by atoms with van der Waals surface area (Å²) in [7, 11) is 4.25. The van der Waals surface area contributed by atoms with Crippen LogP contribution in [0.3, 0.4) is 0 Å². The van der Waals surface area contributed by atoms with Gasteiger partial charge in [-0.1, -0.05) is 159 Å². The summed E-state index contributed by atoms with van der Waals surface area (Å²) in [5.41, 5.74) is 0. The van der Waals surface area contributed by atoms with Gasteiger partial charge in [-0.3, -0.25) is 0 Å². The number of hydrogen-bond acceptors (Lipinski definition) is 4. The highest BCUT2D eigenvalue weighted by atomic mass is 16.9. The van der Waals surface area contributed by atoms with Crippen molar-refractivity contribution in [2.24, 2.45) is 0 Å². The summed E-state index contributed by atoms with van der Waals surface area (Å²) in [4.78, 5) is 2.22. The molecule has 0 aromatic heterocycles. The normalized spacial score (nSPS) is 18.5. The molecule has 4 nitrogen and oxygen atoms in total. The van der Waals surface area contributed by atoms with E-state index < -0.39 is 5.97 Å². The van der Waals surface area contributed by atoms with Crippen LogP contribution in [0.2, 0.25) is 0 Å². The second-order valence-electron chi connectivity index (χ2n) is 15.2. The molecular formula is C46H85NO3. The van der Waals surface area contributed by atoms with E-state index in [1.54, 1.807) is 0 Å². The molecule has 1 heterocycles. The van der Waals surface area contributed by atoms with E-state index >= 15 is 0 Å². The molecule has 1 aliphatic heterocycles. The largest absolute Gasteiger partial charge is 0.327 e. The Hall–Kier alpha value is -1.20. The van der Waals surface area contributed by atoms with Gasteiger partial charge in [0.15, 0.2) is 0 Å². The van der Waals surface area contributed by atoms with Gasteiger partial charge in [-0.2, -0.15) is 0 Å². The quantitative estimate of drug-likeness (QED) is 0.0477. The third-order valence-corrected chi connectivity index (χ3v) is 9.83. The molecule has 1 saturated heterocycles. The molecular weight excluding hydrogens is 615 g/mol. The zero-order chi connectivity index (χ0) is 36.1. The molecule has 1 aliphatic rings. The van der Waals surface area contributed by atoms with Gasteiger partial charge in [0, 0.05) is 13.0 Å². The third kappa shape index (κ3) is 30.4. The van der Waals surface area contributed by atoms with Crippen molar-refractivity contribution >= 4 is 0 Å². The first kappa shape index (κ1) is 46.8. The summed E-state index contributed by atoms with van der Waals surface area (Å²) in [6, 6.07) is 0. The van der Waals surface area contributed by atoms with Crippen molar-refractivity contribution in [2.45, 2.75) is 212 Å². The van der Waals surface area contributed by atoms with Gasteiger partial charge >= 0.3 is 0 Å². The Bertz CT molecular complexity index is 764. The Labute approximate surface area is 312 Å². The highest BCUT2D eigenvalue weighted by Crippen LogP contribution is 2.32. The summed E-state index contributed by atoms with van der Waals surface area (Å²) in [6.07, 6.45) is 55.3. The van der Waals surface area contributed by atoms with Gasteiger partial charge in [-0.15, -0.1) is 0 Å². The van der Waals surface area contributed by atoms with E-state index in [9.17, 15) is 0 Å². The van der Waals surface area contributed by atoms with Gasteiger partial charge in [0.2, 0.25) is 0 Å². The summed E-state index contributed by atoms with van der Waals surface area (Å²) >= 11 is 0. The van der Waals surface area contributed by atoms with Gasteiger partial charge in [0.1, 0.15) is 0 Å². The molecule has 0 aromatic rings. The van der Waals surface area contributed by atoms with Crippen LogP contribution in [0.1, 0.15) is 200 Å². The molecule has 0 radical (unpaired) electrons. The lowest BCUT2D eigenvalue weighted by atomic mass is 10.1. The van der Waals surface area contributed by atoms with Crippen LogP contribution < -0.4 is 0 Å². The second-order valence-corrected chi connectivity index (χ2v) is 15.2. The smallest absolute Gasteiger partial charge is 0.283 e. The van der Waals surface area contributed by atoms with Gasteiger partial charge < -0.3 is 19.1 Å². The predicted molar refractivity (Wildman–Crippen MR) is 220 cm³/mol. The molecule has 0 aliphatic carbocycles.